The zero-order valence-electron chi connectivity index (χ0n) is 30.7. The first kappa shape index (κ1) is 36.9. The van der Waals surface area contributed by atoms with Crippen molar-refractivity contribution >= 4 is 51.9 Å². The second-order valence-corrected chi connectivity index (χ2v) is 14.1. The summed E-state index contributed by atoms with van der Waals surface area (Å²) in [5.74, 6) is -2.13. The van der Waals surface area contributed by atoms with Crippen LogP contribution in [0.1, 0.15) is 69.0 Å². The number of ether oxygens (including phenoxy) is 1. The van der Waals surface area contributed by atoms with E-state index in [0.29, 0.717) is 47.0 Å². The molecule has 1 atom stereocenters. The highest BCUT2D eigenvalue weighted by atomic mass is 16.5. The first-order valence-corrected chi connectivity index (χ1v) is 18.4. The number of hydrogen-bond donors (Lipinski definition) is 3. The number of aliphatic carboxylic acids is 1. The molecule has 0 saturated heterocycles. The first-order valence-electron chi connectivity index (χ1n) is 18.4. The van der Waals surface area contributed by atoms with Crippen LogP contribution in [-0.4, -0.2) is 73.1 Å². The standard InChI is InChI=1S/C44H42N4O7/c1-47(2)38-23-22-35-40-33(38)15-10-16-34(40)41(50)48(42(35)51)24-9-3-4-17-39(49)45-28-20-18-27(19-21-28)25-37(43(52)53)46-44(54)55-26-36-31-13-7-5-11-29(31)30-12-6-8-14-32(30)36/h5-8,10-16,18-23,36-37H,3-4,9,17,24-26H2,1-2H3,(H,45,49)(H,46,54)(H,52,53)/t37-/m0/s1. The van der Waals surface area contributed by atoms with E-state index in [1.54, 1.807) is 36.4 Å². The minimum atomic E-state index is -1.22. The van der Waals surface area contributed by atoms with Gasteiger partial charge in [-0.25, -0.2) is 9.59 Å². The van der Waals surface area contributed by atoms with Crippen LogP contribution in [0.2, 0.25) is 0 Å². The molecule has 0 unspecified atom stereocenters. The molecule has 0 saturated carbocycles. The fourth-order valence-corrected chi connectivity index (χ4v) is 7.62. The Morgan fingerprint density at radius 2 is 1.40 bits per heavy atom. The predicted octanol–water partition coefficient (Wildman–Crippen LogP) is 7.24. The predicted molar refractivity (Wildman–Crippen MR) is 211 cm³/mol. The number of carbonyl (C=O) groups is 5. The van der Waals surface area contributed by atoms with Crippen LogP contribution in [0.5, 0.6) is 0 Å². The molecule has 0 fully saturated rings. The molecule has 55 heavy (non-hydrogen) atoms. The van der Waals surface area contributed by atoms with Gasteiger partial charge in [0, 0.05) is 72.7 Å². The molecular weight excluding hydrogens is 697 g/mol. The number of imide groups is 1. The molecule has 0 radical (unpaired) electrons. The molecule has 1 aliphatic heterocycles. The third-order valence-electron chi connectivity index (χ3n) is 10.3. The van der Waals surface area contributed by atoms with E-state index in [-0.39, 0.29) is 49.6 Å². The van der Waals surface area contributed by atoms with E-state index >= 15 is 0 Å². The van der Waals surface area contributed by atoms with E-state index in [2.05, 4.69) is 10.6 Å². The average Bonchev–Trinajstić information content (AvgIpc) is 3.50. The Morgan fingerprint density at radius 3 is 2.05 bits per heavy atom. The van der Waals surface area contributed by atoms with Crippen LogP contribution in [0.25, 0.3) is 21.9 Å². The molecule has 2 aliphatic rings. The highest BCUT2D eigenvalue weighted by Crippen LogP contribution is 2.44. The van der Waals surface area contributed by atoms with Crippen molar-refractivity contribution in [2.75, 3.05) is 37.5 Å². The number of rotatable bonds is 14. The number of anilines is 2. The van der Waals surface area contributed by atoms with E-state index in [9.17, 15) is 29.1 Å². The van der Waals surface area contributed by atoms with Crippen LogP contribution >= 0.6 is 0 Å². The lowest BCUT2D eigenvalue weighted by Crippen LogP contribution is -2.42. The van der Waals surface area contributed by atoms with Crippen LogP contribution in [0.3, 0.4) is 0 Å². The molecule has 11 heteroatoms. The lowest BCUT2D eigenvalue weighted by molar-refractivity contribution is -0.139. The number of carboxylic acid groups (broad SMARTS) is 1. The Bertz CT molecular complexity index is 2230. The molecular formula is C44H42N4O7. The van der Waals surface area contributed by atoms with Crippen LogP contribution in [-0.2, 0) is 20.7 Å². The summed E-state index contributed by atoms with van der Waals surface area (Å²) in [6, 6.07) is 30.7. The second kappa shape index (κ2) is 15.9. The van der Waals surface area contributed by atoms with Gasteiger partial charge in [0.2, 0.25) is 5.91 Å². The largest absolute Gasteiger partial charge is 0.480 e. The number of hydrogen-bond acceptors (Lipinski definition) is 7. The molecule has 0 bridgehead atoms. The third kappa shape index (κ3) is 7.64. The Balaban J connectivity index is 0.851. The molecule has 280 valence electrons. The number of benzene rings is 5. The van der Waals surface area contributed by atoms with E-state index in [1.807, 2.05) is 85.7 Å². The molecule has 1 heterocycles. The SMILES string of the molecule is CN(C)c1ccc2c3c(cccc13)C(=O)N(CCCCCC(=O)Nc1ccc(C[C@H](NC(=O)OCC3c4ccccc4-c4ccccc43)C(=O)O)cc1)C2=O. The number of carbonyl (C=O) groups excluding carboxylic acids is 4. The first-order chi connectivity index (χ1) is 26.6. The summed E-state index contributed by atoms with van der Waals surface area (Å²) < 4.78 is 5.55. The van der Waals surface area contributed by atoms with E-state index in [4.69, 9.17) is 4.74 Å². The fraction of sp³-hybridized carbons (Fsp3) is 0.250. The van der Waals surface area contributed by atoms with E-state index in [0.717, 1.165) is 33.3 Å². The van der Waals surface area contributed by atoms with Crippen molar-refractivity contribution in [1.29, 1.82) is 0 Å². The van der Waals surface area contributed by atoms with Crippen molar-refractivity contribution in [3.63, 3.8) is 0 Å². The van der Waals surface area contributed by atoms with Gasteiger partial charge in [-0.3, -0.25) is 19.3 Å². The van der Waals surface area contributed by atoms with Crippen molar-refractivity contribution in [3.8, 4) is 11.1 Å². The third-order valence-corrected chi connectivity index (χ3v) is 10.3. The molecule has 3 N–H and O–H groups in total. The zero-order valence-corrected chi connectivity index (χ0v) is 30.7. The molecule has 1 aliphatic carbocycles. The zero-order chi connectivity index (χ0) is 38.6. The van der Waals surface area contributed by atoms with Crippen molar-refractivity contribution in [2.24, 2.45) is 0 Å². The normalized spacial score (nSPS) is 13.6. The fourth-order valence-electron chi connectivity index (χ4n) is 7.62. The summed E-state index contributed by atoms with van der Waals surface area (Å²) in [7, 11) is 3.85. The topological polar surface area (TPSA) is 145 Å². The van der Waals surface area contributed by atoms with E-state index < -0.39 is 18.1 Å². The molecule has 7 rings (SSSR count). The van der Waals surface area contributed by atoms with Crippen molar-refractivity contribution in [1.82, 2.24) is 10.2 Å². The smallest absolute Gasteiger partial charge is 0.407 e. The second-order valence-electron chi connectivity index (χ2n) is 14.1. The monoisotopic (exact) mass is 738 g/mol. The maximum atomic E-state index is 13.3. The van der Waals surface area contributed by atoms with Gasteiger partial charge in [0.1, 0.15) is 12.6 Å². The Kier molecular flexibility index (Phi) is 10.6. The lowest BCUT2D eigenvalue weighted by Gasteiger charge is -2.28. The van der Waals surface area contributed by atoms with Crippen molar-refractivity contribution in [2.45, 2.75) is 44.1 Å². The maximum absolute atomic E-state index is 13.3. The van der Waals surface area contributed by atoms with E-state index in [1.165, 1.54) is 4.90 Å². The number of nitrogens with zero attached hydrogens (tertiary/aromatic N) is 2. The van der Waals surface area contributed by atoms with Crippen molar-refractivity contribution < 1.29 is 33.8 Å². The number of alkyl carbamates (subject to hydrolysis) is 1. The van der Waals surface area contributed by atoms with Gasteiger partial charge in [-0.1, -0.05) is 79.2 Å². The van der Waals surface area contributed by atoms with Crippen LogP contribution in [0.15, 0.2) is 103 Å². The number of fused-ring (bicyclic) bond motifs is 3. The van der Waals surface area contributed by atoms with Gasteiger partial charge in [-0.2, -0.15) is 0 Å². The Labute approximate surface area is 318 Å². The summed E-state index contributed by atoms with van der Waals surface area (Å²) in [6.45, 7) is 0.336. The van der Waals surface area contributed by atoms with Crippen molar-refractivity contribution in [3.05, 3.63) is 131 Å². The summed E-state index contributed by atoms with van der Waals surface area (Å²) in [5, 5.41) is 16.8. The molecule has 4 amide bonds. The van der Waals surface area contributed by atoms with Gasteiger partial charge < -0.3 is 25.4 Å². The molecule has 5 aromatic rings. The van der Waals surface area contributed by atoms with Gasteiger partial charge in [0.05, 0.1) is 0 Å². The van der Waals surface area contributed by atoms with Gasteiger partial charge in [-0.15, -0.1) is 0 Å². The summed E-state index contributed by atoms with van der Waals surface area (Å²) in [5.41, 5.74) is 7.51. The number of amides is 4. The van der Waals surface area contributed by atoms with Crippen LogP contribution in [0.4, 0.5) is 16.2 Å². The van der Waals surface area contributed by atoms with Gasteiger partial charge in [0.25, 0.3) is 11.8 Å². The highest BCUT2D eigenvalue weighted by molar-refractivity contribution is 6.26. The average molecular weight is 739 g/mol. The summed E-state index contributed by atoms with van der Waals surface area (Å²) in [4.78, 5) is 67.5. The number of nitrogens with one attached hydrogen (secondary N) is 2. The molecule has 0 aromatic heterocycles. The van der Waals surface area contributed by atoms with Crippen LogP contribution in [0, 0.1) is 0 Å². The minimum absolute atomic E-state index is 0.0215. The van der Waals surface area contributed by atoms with Gasteiger partial charge in [0.15, 0.2) is 0 Å². The number of carboxylic acids is 1. The van der Waals surface area contributed by atoms with Gasteiger partial charge >= 0.3 is 12.1 Å². The molecule has 0 spiro atoms. The molecule has 5 aromatic carbocycles. The lowest BCUT2D eigenvalue weighted by atomic mass is 9.92. The minimum Gasteiger partial charge on any atom is -0.480 e. The summed E-state index contributed by atoms with van der Waals surface area (Å²) >= 11 is 0. The summed E-state index contributed by atoms with van der Waals surface area (Å²) in [6.07, 6.45) is 1.25. The maximum Gasteiger partial charge on any atom is 0.407 e. The van der Waals surface area contributed by atoms with Crippen LogP contribution < -0.4 is 15.5 Å². The quantitative estimate of drug-likeness (QED) is 0.0799. The molecule has 11 nitrogen and oxygen atoms in total. The highest BCUT2D eigenvalue weighted by Gasteiger charge is 2.33. The Hall–Kier alpha value is -6.49. The van der Waals surface area contributed by atoms with Gasteiger partial charge in [-0.05, 0) is 71.0 Å². The number of unbranched alkanes of at least 4 members (excludes halogenated alkanes) is 2. The Morgan fingerprint density at radius 1 is 0.764 bits per heavy atom.